The van der Waals surface area contributed by atoms with Gasteiger partial charge >= 0.3 is 0 Å². The van der Waals surface area contributed by atoms with Crippen molar-refractivity contribution in [3.05, 3.63) is 30.1 Å². The van der Waals surface area contributed by atoms with Crippen LogP contribution < -0.4 is 11.1 Å². The molecule has 0 bridgehead atoms. The molecule has 1 aromatic rings. The first-order valence-electron chi connectivity index (χ1n) is 5.61. The second-order valence-electron chi connectivity index (χ2n) is 3.87. The van der Waals surface area contributed by atoms with Crippen molar-refractivity contribution in [2.75, 3.05) is 12.0 Å². The number of aromatic nitrogens is 1. The Labute approximate surface area is 106 Å². The minimum absolute atomic E-state index is 0.107. The van der Waals surface area contributed by atoms with Crippen LogP contribution in [0.15, 0.2) is 24.4 Å². The van der Waals surface area contributed by atoms with Crippen LogP contribution in [0, 0.1) is 0 Å². The molecular weight excluding hydrogens is 234 g/mol. The van der Waals surface area contributed by atoms with Crippen molar-refractivity contribution in [1.29, 1.82) is 0 Å². The van der Waals surface area contributed by atoms with Crippen LogP contribution in [0.5, 0.6) is 0 Å². The summed E-state index contributed by atoms with van der Waals surface area (Å²) in [7, 11) is 0. The monoisotopic (exact) mass is 253 g/mol. The van der Waals surface area contributed by atoms with Gasteiger partial charge in [0.15, 0.2) is 0 Å². The van der Waals surface area contributed by atoms with Crippen molar-refractivity contribution >= 4 is 17.7 Å². The van der Waals surface area contributed by atoms with E-state index in [1.54, 1.807) is 18.0 Å². The van der Waals surface area contributed by atoms with E-state index in [4.69, 9.17) is 5.73 Å². The van der Waals surface area contributed by atoms with E-state index in [2.05, 4.69) is 10.3 Å². The molecule has 0 aliphatic carbocycles. The molecule has 1 rings (SSSR count). The number of thioether (sulfide) groups is 1. The average molecular weight is 253 g/mol. The third-order valence-electron chi connectivity index (χ3n) is 2.46. The molecule has 0 aliphatic rings. The normalized spacial score (nSPS) is 14.1. The van der Waals surface area contributed by atoms with Crippen LogP contribution >= 0.6 is 11.8 Å². The van der Waals surface area contributed by atoms with Crippen LogP contribution in [0.25, 0.3) is 0 Å². The minimum Gasteiger partial charge on any atom is -0.347 e. The van der Waals surface area contributed by atoms with Crippen LogP contribution in [0.4, 0.5) is 0 Å². The quantitative estimate of drug-likeness (QED) is 0.803. The van der Waals surface area contributed by atoms with Crippen LogP contribution in [-0.4, -0.2) is 28.9 Å². The lowest BCUT2D eigenvalue weighted by Gasteiger charge is -2.16. The SMILES string of the molecule is CSCC[C@@H](N)C(=O)NC(C)c1ccccn1. The Morgan fingerprint density at radius 2 is 2.35 bits per heavy atom. The molecular formula is C12H19N3OS. The zero-order valence-corrected chi connectivity index (χ0v) is 11.0. The predicted molar refractivity (Wildman–Crippen MR) is 71.8 cm³/mol. The lowest BCUT2D eigenvalue weighted by Crippen LogP contribution is -2.42. The smallest absolute Gasteiger partial charge is 0.237 e. The van der Waals surface area contributed by atoms with Crippen molar-refractivity contribution in [3.63, 3.8) is 0 Å². The first-order valence-corrected chi connectivity index (χ1v) is 7.00. The van der Waals surface area contributed by atoms with Gasteiger partial charge < -0.3 is 11.1 Å². The Morgan fingerprint density at radius 1 is 1.59 bits per heavy atom. The van der Waals surface area contributed by atoms with Crippen LogP contribution in [0.3, 0.4) is 0 Å². The fourth-order valence-electron chi connectivity index (χ4n) is 1.40. The molecule has 1 aromatic heterocycles. The highest BCUT2D eigenvalue weighted by Gasteiger charge is 2.16. The summed E-state index contributed by atoms with van der Waals surface area (Å²) in [6.45, 7) is 1.90. The number of nitrogens with zero attached hydrogens (tertiary/aromatic N) is 1. The second-order valence-corrected chi connectivity index (χ2v) is 4.86. The maximum atomic E-state index is 11.8. The van der Waals surface area contributed by atoms with Crippen molar-refractivity contribution in [2.24, 2.45) is 5.73 Å². The molecule has 0 aliphatic heterocycles. The van der Waals surface area contributed by atoms with Gasteiger partial charge in [-0.1, -0.05) is 6.07 Å². The number of nitrogens with one attached hydrogen (secondary N) is 1. The van der Waals surface area contributed by atoms with Gasteiger partial charge in [0.25, 0.3) is 0 Å². The first kappa shape index (κ1) is 14.0. The van der Waals surface area contributed by atoms with E-state index < -0.39 is 6.04 Å². The van der Waals surface area contributed by atoms with Gasteiger partial charge in [-0.2, -0.15) is 11.8 Å². The fourth-order valence-corrected chi connectivity index (χ4v) is 1.89. The van der Waals surface area contributed by atoms with E-state index in [1.165, 1.54) is 0 Å². The lowest BCUT2D eigenvalue weighted by molar-refractivity contribution is -0.123. The standard InChI is InChI=1S/C12H19N3OS/c1-9(11-5-3-4-7-14-11)15-12(16)10(13)6-8-17-2/h3-5,7,9-10H,6,8,13H2,1-2H3,(H,15,16)/t9?,10-/m1/s1. The van der Waals surface area contributed by atoms with Gasteiger partial charge in [0, 0.05) is 6.20 Å². The Morgan fingerprint density at radius 3 is 2.94 bits per heavy atom. The summed E-state index contributed by atoms with van der Waals surface area (Å²) in [5.41, 5.74) is 6.63. The number of rotatable bonds is 6. The summed E-state index contributed by atoms with van der Waals surface area (Å²) in [4.78, 5) is 16.0. The lowest BCUT2D eigenvalue weighted by atomic mass is 10.1. The molecule has 4 nitrogen and oxygen atoms in total. The summed E-state index contributed by atoms with van der Waals surface area (Å²) in [6, 6.07) is 5.09. The van der Waals surface area contributed by atoms with Gasteiger partial charge in [-0.25, -0.2) is 0 Å². The maximum absolute atomic E-state index is 11.8. The van der Waals surface area contributed by atoms with Gasteiger partial charge in [-0.3, -0.25) is 9.78 Å². The third-order valence-corrected chi connectivity index (χ3v) is 3.10. The average Bonchev–Trinajstić information content (AvgIpc) is 2.36. The van der Waals surface area contributed by atoms with Gasteiger partial charge in [0.2, 0.25) is 5.91 Å². The Hall–Kier alpha value is -1.07. The summed E-state index contributed by atoms with van der Waals surface area (Å²) < 4.78 is 0. The molecule has 5 heteroatoms. The van der Waals surface area contributed by atoms with E-state index in [9.17, 15) is 4.79 Å². The van der Waals surface area contributed by atoms with E-state index in [1.807, 2.05) is 31.4 Å². The van der Waals surface area contributed by atoms with E-state index in [0.29, 0.717) is 6.42 Å². The van der Waals surface area contributed by atoms with Crippen LogP contribution in [0.2, 0.25) is 0 Å². The first-order chi connectivity index (χ1) is 8.15. The molecule has 3 N–H and O–H groups in total. The largest absolute Gasteiger partial charge is 0.347 e. The number of carbonyl (C=O) groups is 1. The molecule has 1 heterocycles. The molecule has 0 radical (unpaired) electrons. The van der Waals surface area contributed by atoms with Crippen molar-refractivity contribution in [1.82, 2.24) is 10.3 Å². The number of amides is 1. The Bertz CT molecular complexity index is 345. The molecule has 1 unspecified atom stereocenters. The van der Waals surface area contributed by atoms with E-state index in [-0.39, 0.29) is 11.9 Å². The van der Waals surface area contributed by atoms with Gasteiger partial charge in [0.1, 0.15) is 0 Å². The van der Waals surface area contributed by atoms with Gasteiger partial charge in [0.05, 0.1) is 17.8 Å². The number of carbonyl (C=O) groups excluding carboxylic acids is 1. The van der Waals surface area contributed by atoms with E-state index >= 15 is 0 Å². The second kappa shape index (κ2) is 7.29. The summed E-state index contributed by atoms with van der Waals surface area (Å²) in [6.07, 6.45) is 4.41. The number of hydrogen-bond donors (Lipinski definition) is 2. The summed E-state index contributed by atoms with van der Waals surface area (Å²) in [5, 5.41) is 2.87. The molecule has 0 saturated carbocycles. The maximum Gasteiger partial charge on any atom is 0.237 e. The number of nitrogens with two attached hydrogens (primary N) is 1. The molecule has 0 saturated heterocycles. The summed E-state index contributed by atoms with van der Waals surface area (Å²) in [5.74, 6) is 0.782. The zero-order valence-electron chi connectivity index (χ0n) is 10.2. The predicted octanol–water partition coefficient (Wildman–Crippen LogP) is 1.34. The molecule has 0 aromatic carbocycles. The highest BCUT2D eigenvalue weighted by molar-refractivity contribution is 7.98. The summed E-state index contributed by atoms with van der Waals surface area (Å²) >= 11 is 1.69. The molecule has 94 valence electrons. The number of pyridine rings is 1. The van der Waals surface area contributed by atoms with Gasteiger partial charge in [-0.05, 0) is 37.5 Å². The minimum atomic E-state index is -0.436. The Kier molecular flexibility index (Phi) is 6.00. The van der Waals surface area contributed by atoms with Crippen molar-refractivity contribution < 1.29 is 4.79 Å². The van der Waals surface area contributed by atoms with Crippen LogP contribution in [-0.2, 0) is 4.79 Å². The highest BCUT2D eigenvalue weighted by Crippen LogP contribution is 2.08. The van der Waals surface area contributed by atoms with Crippen molar-refractivity contribution in [2.45, 2.75) is 25.4 Å². The topological polar surface area (TPSA) is 68.0 Å². The zero-order chi connectivity index (χ0) is 12.7. The van der Waals surface area contributed by atoms with Crippen molar-refractivity contribution in [3.8, 4) is 0 Å². The Balaban J connectivity index is 2.46. The van der Waals surface area contributed by atoms with Gasteiger partial charge in [-0.15, -0.1) is 0 Å². The molecule has 2 atom stereocenters. The molecule has 0 spiro atoms. The molecule has 1 amide bonds. The molecule has 0 fully saturated rings. The van der Waals surface area contributed by atoms with E-state index in [0.717, 1.165) is 11.4 Å². The highest BCUT2D eigenvalue weighted by atomic mass is 32.2. The number of hydrogen-bond acceptors (Lipinski definition) is 4. The third kappa shape index (κ3) is 4.75. The fraction of sp³-hybridized carbons (Fsp3) is 0.500. The molecule has 17 heavy (non-hydrogen) atoms. The van der Waals surface area contributed by atoms with Crippen LogP contribution in [0.1, 0.15) is 25.1 Å².